The molecule has 1 heterocycles. The summed E-state index contributed by atoms with van der Waals surface area (Å²) < 4.78 is 0. The van der Waals surface area contributed by atoms with E-state index >= 15 is 0 Å². The fourth-order valence-electron chi connectivity index (χ4n) is 2.72. The van der Waals surface area contributed by atoms with Crippen molar-refractivity contribution in [2.75, 3.05) is 13.1 Å². The largest absolute Gasteiger partial charge is 0.478 e. The maximum atomic E-state index is 12.8. The van der Waals surface area contributed by atoms with Crippen molar-refractivity contribution in [2.24, 2.45) is 10.7 Å². The minimum atomic E-state index is -1.02. The summed E-state index contributed by atoms with van der Waals surface area (Å²) in [6.45, 7) is 5.48. The molecule has 0 fully saturated rings. The number of carboxylic acid groups (broad SMARTS) is 1. The van der Waals surface area contributed by atoms with Gasteiger partial charge in [-0.2, -0.15) is 0 Å². The van der Waals surface area contributed by atoms with Gasteiger partial charge in [-0.05, 0) is 31.1 Å². The van der Waals surface area contributed by atoms with E-state index in [2.05, 4.69) is 4.99 Å². The number of amides is 1. The second-order valence-electron chi connectivity index (χ2n) is 5.82. The molecule has 0 aromatic heterocycles. The molecule has 6 nitrogen and oxygen atoms in total. The van der Waals surface area contributed by atoms with Crippen molar-refractivity contribution in [3.8, 4) is 0 Å². The Hall–Kier alpha value is -2.63. The topological polar surface area (TPSA) is 96.0 Å². The number of rotatable bonds is 6. The molecule has 1 amide bonds. The lowest BCUT2D eigenvalue weighted by atomic mass is 10.0. The van der Waals surface area contributed by atoms with Crippen LogP contribution in [-0.4, -0.2) is 40.8 Å². The molecule has 1 aliphatic rings. The minimum Gasteiger partial charge on any atom is -0.478 e. The molecule has 6 heteroatoms. The van der Waals surface area contributed by atoms with Crippen molar-refractivity contribution in [3.63, 3.8) is 0 Å². The Morgan fingerprint density at radius 3 is 2.50 bits per heavy atom. The average molecular weight is 329 g/mol. The summed E-state index contributed by atoms with van der Waals surface area (Å²) in [5.74, 6) is -0.746. The van der Waals surface area contributed by atoms with Gasteiger partial charge < -0.3 is 15.7 Å². The van der Waals surface area contributed by atoms with Crippen LogP contribution in [0.4, 0.5) is 5.69 Å². The molecule has 1 aromatic carbocycles. The third-order valence-corrected chi connectivity index (χ3v) is 3.79. The van der Waals surface area contributed by atoms with Crippen LogP contribution in [0.5, 0.6) is 0 Å². The van der Waals surface area contributed by atoms with Gasteiger partial charge in [-0.15, -0.1) is 0 Å². The Morgan fingerprint density at radius 2 is 1.92 bits per heavy atom. The van der Waals surface area contributed by atoms with Gasteiger partial charge in [0.25, 0.3) is 0 Å². The Bertz CT molecular complexity index is 701. The van der Waals surface area contributed by atoms with E-state index in [0.717, 1.165) is 12.8 Å². The second-order valence-corrected chi connectivity index (χ2v) is 5.82. The summed E-state index contributed by atoms with van der Waals surface area (Å²) in [6, 6.07) is 4.65. The maximum absolute atomic E-state index is 12.8. The van der Waals surface area contributed by atoms with Crippen LogP contribution in [0, 0.1) is 0 Å². The lowest BCUT2D eigenvalue weighted by Crippen LogP contribution is -2.34. The summed E-state index contributed by atoms with van der Waals surface area (Å²) in [5.41, 5.74) is 7.86. The van der Waals surface area contributed by atoms with E-state index in [-0.39, 0.29) is 17.9 Å². The zero-order chi connectivity index (χ0) is 17.7. The van der Waals surface area contributed by atoms with Crippen LogP contribution < -0.4 is 5.73 Å². The number of aliphatic imine (C=N–C) groups is 1. The Morgan fingerprint density at radius 1 is 1.25 bits per heavy atom. The molecule has 0 bridgehead atoms. The molecular formula is C18H23N3O3. The summed E-state index contributed by atoms with van der Waals surface area (Å²) in [4.78, 5) is 30.0. The molecule has 0 radical (unpaired) electrons. The number of hydrogen-bond donors (Lipinski definition) is 2. The molecule has 0 aliphatic carbocycles. The lowest BCUT2D eigenvalue weighted by Gasteiger charge is -2.22. The smallest absolute Gasteiger partial charge is 0.335 e. The third-order valence-electron chi connectivity index (χ3n) is 3.79. The Kier molecular flexibility index (Phi) is 5.73. The predicted octanol–water partition coefficient (Wildman–Crippen LogP) is 2.81. The second kappa shape index (κ2) is 7.77. The van der Waals surface area contributed by atoms with Gasteiger partial charge >= 0.3 is 5.97 Å². The van der Waals surface area contributed by atoms with Gasteiger partial charge in [0.15, 0.2) is 0 Å². The number of benzene rings is 1. The number of fused-ring (bicyclic) bond motifs is 1. The van der Waals surface area contributed by atoms with Gasteiger partial charge in [0.05, 0.1) is 11.3 Å². The molecule has 1 aromatic rings. The van der Waals surface area contributed by atoms with Crippen molar-refractivity contribution >= 4 is 29.5 Å². The molecule has 128 valence electrons. The maximum Gasteiger partial charge on any atom is 0.335 e. The highest BCUT2D eigenvalue weighted by atomic mass is 16.4. The van der Waals surface area contributed by atoms with Gasteiger partial charge in [0.2, 0.25) is 5.91 Å². The standard InChI is InChI=1S/C18H23N3O3/c1-3-7-21(8-4-2)17(22)14-9-12-5-6-13(18(23)24)10-15(12)20-16(19)11-14/h5-6,9-10H,3-4,7-8,11H2,1-2H3,(H2,19,20)(H,23,24). The van der Waals surface area contributed by atoms with Crippen LogP contribution in [0.15, 0.2) is 28.8 Å². The first-order chi connectivity index (χ1) is 11.5. The van der Waals surface area contributed by atoms with Crippen LogP contribution >= 0.6 is 0 Å². The molecular weight excluding hydrogens is 306 g/mol. The number of amidine groups is 1. The van der Waals surface area contributed by atoms with E-state index in [1.165, 1.54) is 12.1 Å². The first kappa shape index (κ1) is 17.7. The van der Waals surface area contributed by atoms with Crippen LogP contribution in [0.2, 0.25) is 0 Å². The molecule has 0 saturated heterocycles. The summed E-state index contributed by atoms with van der Waals surface area (Å²) >= 11 is 0. The van der Waals surface area contributed by atoms with E-state index < -0.39 is 5.97 Å². The zero-order valence-electron chi connectivity index (χ0n) is 14.1. The fraction of sp³-hybridized carbons (Fsp3) is 0.389. The molecule has 0 saturated carbocycles. The van der Waals surface area contributed by atoms with Crippen LogP contribution in [0.1, 0.15) is 49.0 Å². The van der Waals surface area contributed by atoms with Crippen molar-refractivity contribution in [3.05, 3.63) is 34.9 Å². The van der Waals surface area contributed by atoms with E-state index in [1.807, 2.05) is 18.7 Å². The van der Waals surface area contributed by atoms with Gasteiger partial charge in [0, 0.05) is 30.6 Å². The molecule has 0 atom stereocenters. The summed E-state index contributed by atoms with van der Waals surface area (Å²) in [5, 5.41) is 9.10. The fourth-order valence-corrected chi connectivity index (χ4v) is 2.72. The third kappa shape index (κ3) is 4.01. The van der Waals surface area contributed by atoms with Gasteiger partial charge in [0.1, 0.15) is 5.84 Å². The number of aromatic carboxylic acids is 1. The highest BCUT2D eigenvalue weighted by Gasteiger charge is 2.21. The first-order valence-electron chi connectivity index (χ1n) is 8.16. The molecule has 24 heavy (non-hydrogen) atoms. The van der Waals surface area contributed by atoms with E-state index in [1.54, 1.807) is 12.1 Å². The van der Waals surface area contributed by atoms with Crippen molar-refractivity contribution in [1.82, 2.24) is 4.90 Å². The number of nitrogens with two attached hydrogens (primary N) is 1. The SMILES string of the molecule is CCCN(CCC)C(=O)C1=Cc2ccc(C(=O)O)cc2N=C(N)C1. The number of hydrogen-bond acceptors (Lipinski definition) is 4. The highest BCUT2D eigenvalue weighted by Crippen LogP contribution is 2.28. The van der Waals surface area contributed by atoms with Crippen molar-refractivity contribution in [1.29, 1.82) is 0 Å². The monoisotopic (exact) mass is 329 g/mol. The first-order valence-corrected chi connectivity index (χ1v) is 8.16. The van der Waals surface area contributed by atoms with Gasteiger partial charge in [-0.3, -0.25) is 4.79 Å². The quantitative estimate of drug-likeness (QED) is 0.838. The lowest BCUT2D eigenvalue weighted by molar-refractivity contribution is -0.127. The van der Waals surface area contributed by atoms with Crippen LogP contribution in [0.25, 0.3) is 6.08 Å². The number of carbonyl (C=O) groups is 2. The van der Waals surface area contributed by atoms with Crippen molar-refractivity contribution in [2.45, 2.75) is 33.1 Å². The summed E-state index contributed by atoms with van der Waals surface area (Å²) in [6.07, 6.45) is 3.81. The molecule has 2 rings (SSSR count). The predicted molar refractivity (Wildman–Crippen MR) is 94.4 cm³/mol. The number of carboxylic acids is 1. The van der Waals surface area contributed by atoms with Crippen molar-refractivity contribution < 1.29 is 14.7 Å². The van der Waals surface area contributed by atoms with E-state index in [4.69, 9.17) is 10.8 Å². The van der Waals surface area contributed by atoms with E-state index in [0.29, 0.717) is 35.7 Å². The average Bonchev–Trinajstić information content (AvgIpc) is 2.71. The number of nitrogens with zero attached hydrogens (tertiary/aromatic N) is 2. The highest BCUT2D eigenvalue weighted by molar-refractivity contribution is 6.05. The van der Waals surface area contributed by atoms with Crippen LogP contribution in [-0.2, 0) is 4.79 Å². The Labute approximate surface area is 141 Å². The Balaban J connectivity index is 2.40. The van der Waals surface area contributed by atoms with E-state index in [9.17, 15) is 9.59 Å². The molecule has 0 unspecified atom stereocenters. The van der Waals surface area contributed by atoms with Gasteiger partial charge in [-0.1, -0.05) is 19.9 Å². The van der Waals surface area contributed by atoms with Crippen LogP contribution in [0.3, 0.4) is 0 Å². The van der Waals surface area contributed by atoms with Gasteiger partial charge in [-0.25, -0.2) is 9.79 Å². The molecule has 1 aliphatic heterocycles. The zero-order valence-corrected chi connectivity index (χ0v) is 14.1. The normalized spacial score (nSPS) is 13.4. The molecule has 0 spiro atoms. The molecule has 3 N–H and O–H groups in total. The summed E-state index contributed by atoms with van der Waals surface area (Å²) in [7, 11) is 0. The minimum absolute atomic E-state index is 0.0352. The number of carbonyl (C=O) groups excluding carboxylic acids is 1.